The lowest BCUT2D eigenvalue weighted by molar-refractivity contribution is -0.149. The highest BCUT2D eigenvalue weighted by molar-refractivity contribution is 6.36. The molecule has 0 unspecified atom stereocenters. The normalized spacial score (nSPS) is 16.1. The number of imide groups is 1. The molecule has 13 heteroatoms. The molecule has 2 amide bonds. The van der Waals surface area contributed by atoms with E-state index in [1.807, 2.05) is 5.48 Å². The molecule has 0 spiro atoms. The molecule has 2 aromatic carbocycles. The zero-order valence-electron chi connectivity index (χ0n) is 22.9. The zero-order chi connectivity index (χ0) is 31.3. The number of amides is 2. The molecule has 1 aliphatic carbocycles. The van der Waals surface area contributed by atoms with Crippen LogP contribution >= 0.6 is 23.2 Å². The number of nitrogens with one attached hydrogen (secondary N) is 1. The molecule has 0 aromatic heterocycles. The largest absolute Gasteiger partial charge is 0.489 e. The van der Waals surface area contributed by atoms with E-state index < -0.39 is 37.0 Å². The van der Waals surface area contributed by atoms with Crippen LogP contribution in [0.3, 0.4) is 0 Å². The van der Waals surface area contributed by atoms with E-state index in [0.29, 0.717) is 22.0 Å². The van der Waals surface area contributed by atoms with Gasteiger partial charge in [-0.2, -0.15) is 8.78 Å². The molecular formula is C30H28Cl2F2N2O7. The highest BCUT2D eigenvalue weighted by Gasteiger charge is 2.39. The van der Waals surface area contributed by atoms with Crippen LogP contribution in [0.25, 0.3) is 0 Å². The van der Waals surface area contributed by atoms with E-state index in [0.717, 1.165) is 12.8 Å². The van der Waals surface area contributed by atoms with E-state index in [-0.39, 0.29) is 51.4 Å². The minimum absolute atomic E-state index is 0.00308. The molecule has 1 heterocycles. The summed E-state index contributed by atoms with van der Waals surface area (Å²) in [6.07, 6.45) is 3.63. The van der Waals surface area contributed by atoms with Crippen LogP contribution in [0.15, 0.2) is 70.8 Å². The van der Waals surface area contributed by atoms with Crippen molar-refractivity contribution < 1.29 is 42.6 Å². The zero-order valence-corrected chi connectivity index (χ0v) is 24.5. The van der Waals surface area contributed by atoms with Gasteiger partial charge in [-0.3, -0.25) is 30.0 Å². The fourth-order valence-corrected chi connectivity index (χ4v) is 4.84. The van der Waals surface area contributed by atoms with Crippen molar-refractivity contribution in [2.45, 2.75) is 38.9 Å². The fourth-order valence-electron chi connectivity index (χ4n) is 4.44. The number of halogens is 4. The Labute approximate surface area is 256 Å². The number of hydrogen-bond donors (Lipinski definition) is 2. The highest BCUT2D eigenvalue weighted by atomic mass is 35.5. The van der Waals surface area contributed by atoms with Gasteiger partial charge < -0.3 is 14.2 Å². The highest BCUT2D eigenvalue weighted by Crippen LogP contribution is 2.39. The maximum Gasteiger partial charge on any atom is 0.387 e. The van der Waals surface area contributed by atoms with Crippen LogP contribution < -0.4 is 15.0 Å². The first kappa shape index (κ1) is 32.0. The van der Waals surface area contributed by atoms with Gasteiger partial charge in [0.05, 0.1) is 23.4 Å². The van der Waals surface area contributed by atoms with Crippen molar-refractivity contribution in [1.29, 1.82) is 0 Å². The number of nitrogens with zero attached hydrogens (tertiary/aromatic N) is 1. The van der Waals surface area contributed by atoms with Crippen LogP contribution in [0.1, 0.15) is 58.6 Å². The van der Waals surface area contributed by atoms with Crippen molar-refractivity contribution in [3.8, 4) is 11.5 Å². The van der Waals surface area contributed by atoms with Crippen LogP contribution in [-0.2, 0) is 9.53 Å². The van der Waals surface area contributed by atoms with E-state index in [2.05, 4.69) is 11.3 Å². The fraction of sp³-hybridized carbons (Fsp3) is 0.300. The molecule has 2 aromatic rings. The number of carbonyl (C=O) groups is 3. The predicted octanol–water partition coefficient (Wildman–Crippen LogP) is 6.97. The van der Waals surface area contributed by atoms with Gasteiger partial charge in [0, 0.05) is 16.5 Å². The average molecular weight is 637 g/mol. The van der Waals surface area contributed by atoms with Crippen molar-refractivity contribution in [3.63, 3.8) is 0 Å². The molecule has 4 rings (SSSR count). The van der Waals surface area contributed by atoms with Gasteiger partial charge in [0.25, 0.3) is 11.8 Å². The summed E-state index contributed by atoms with van der Waals surface area (Å²) in [5.74, 6) is -2.39. The van der Waals surface area contributed by atoms with Gasteiger partial charge in [-0.25, -0.2) is 0 Å². The Hall–Kier alpha value is -3.93. The summed E-state index contributed by atoms with van der Waals surface area (Å²) in [5.41, 5.74) is 2.48. The Morgan fingerprint density at radius 1 is 1.19 bits per heavy atom. The number of rotatable bonds is 14. The van der Waals surface area contributed by atoms with Gasteiger partial charge in [0.2, 0.25) is 0 Å². The predicted molar refractivity (Wildman–Crippen MR) is 155 cm³/mol. The quantitative estimate of drug-likeness (QED) is 0.0989. The van der Waals surface area contributed by atoms with E-state index in [9.17, 15) is 28.4 Å². The number of esters is 1. The Morgan fingerprint density at radius 2 is 1.93 bits per heavy atom. The van der Waals surface area contributed by atoms with E-state index in [1.165, 1.54) is 42.5 Å². The summed E-state index contributed by atoms with van der Waals surface area (Å²) in [6.45, 7) is 1.77. The van der Waals surface area contributed by atoms with Crippen LogP contribution in [-0.4, -0.2) is 47.7 Å². The lowest BCUT2D eigenvalue weighted by Crippen LogP contribution is -2.36. The van der Waals surface area contributed by atoms with Gasteiger partial charge >= 0.3 is 12.6 Å². The summed E-state index contributed by atoms with van der Waals surface area (Å²) in [6, 6.07) is 8.37. The van der Waals surface area contributed by atoms with Crippen molar-refractivity contribution in [2.24, 2.45) is 5.92 Å². The summed E-state index contributed by atoms with van der Waals surface area (Å²) < 4.78 is 42.4. The van der Waals surface area contributed by atoms with Crippen molar-refractivity contribution in [3.05, 3.63) is 87.5 Å². The summed E-state index contributed by atoms with van der Waals surface area (Å²) in [4.78, 5) is 39.9. The van der Waals surface area contributed by atoms with Gasteiger partial charge in [-0.15, -0.1) is 0 Å². The summed E-state index contributed by atoms with van der Waals surface area (Å²) >= 11 is 12.8. The second-order valence-corrected chi connectivity index (χ2v) is 10.5. The molecule has 1 aliphatic heterocycles. The molecule has 228 valence electrons. The molecule has 0 bridgehead atoms. The van der Waals surface area contributed by atoms with Gasteiger partial charge in [-0.05, 0) is 61.1 Å². The van der Waals surface area contributed by atoms with Gasteiger partial charge in [0.1, 0.15) is 12.6 Å². The Morgan fingerprint density at radius 3 is 2.56 bits per heavy atom. The number of benzene rings is 2. The standard InChI is InChI=1S/C30H28Cl2F2N2O7/c1-3-20(31)19(21(32)4-2)13-24(17-10-11-23(43-30(33)34)25(12-17)41-15-16-8-9-16)42-26(37)14-36-28(38)18-6-5-7-22(35-40)27(18)29(36)39/h3-7,10-12,16,24,30,35,40H,1,8-9,13-15H2,2H3/b20-19+,21-4+/t24-/m0/s1. The number of hydrogen-bond acceptors (Lipinski definition) is 8. The number of alkyl halides is 2. The summed E-state index contributed by atoms with van der Waals surface area (Å²) in [5, 5.41) is 9.80. The number of carbonyl (C=O) groups excluding carboxylic acids is 3. The number of anilines is 1. The Bertz CT molecular complexity index is 1490. The second-order valence-electron chi connectivity index (χ2n) is 9.73. The molecule has 0 radical (unpaired) electrons. The molecule has 1 fully saturated rings. The molecule has 43 heavy (non-hydrogen) atoms. The number of allylic oxidation sites excluding steroid dienone is 4. The molecule has 2 aliphatic rings. The van der Waals surface area contributed by atoms with Crippen LogP contribution in [0.2, 0.25) is 0 Å². The van der Waals surface area contributed by atoms with Gasteiger partial charge in [-0.1, -0.05) is 54.1 Å². The SMILES string of the molecule is C=C/C(Cl)=C(C[C@H](OC(=O)CN1C(=O)c2cccc(NO)c2C1=O)c1ccc(OC(F)F)c(OCC2CC2)c1)\C(Cl)=C/C. The first-order valence-corrected chi connectivity index (χ1v) is 14.0. The molecule has 2 N–H and O–H groups in total. The first-order chi connectivity index (χ1) is 20.6. The maximum absolute atomic E-state index is 13.3. The average Bonchev–Trinajstić information content (AvgIpc) is 3.80. The van der Waals surface area contributed by atoms with Gasteiger partial charge in [0.15, 0.2) is 11.5 Å². The van der Waals surface area contributed by atoms with Crippen molar-refractivity contribution in [2.75, 3.05) is 18.6 Å². The third kappa shape index (κ3) is 7.54. The molecule has 1 atom stereocenters. The topological polar surface area (TPSA) is 114 Å². The van der Waals surface area contributed by atoms with E-state index >= 15 is 0 Å². The van der Waals surface area contributed by atoms with Crippen LogP contribution in [0, 0.1) is 5.92 Å². The maximum atomic E-state index is 13.3. The molecule has 0 saturated heterocycles. The van der Waals surface area contributed by atoms with E-state index in [1.54, 1.807) is 13.0 Å². The minimum Gasteiger partial charge on any atom is -0.489 e. The number of ether oxygens (including phenoxy) is 3. The first-order valence-electron chi connectivity index (χ1n) is 13.2. The molecular weight excluding hydrogens is 609 g/mol. The monoisotopic (exact) mass is 636 g/mol. The smallest absolute Gasteiger partial charge is 0.387 e. The summed E-state index contributed by atoms with van der Waals surface area (Å²) in [7, 11) is 0. The lowest BCUT2D eigenvalue weighted by Gasteiger charge is -2.23. The van der Waals surface area contributed by atoms with Crippen molar-refractivity contribution >= 4 is 46.7 Å². The third-order valence-electron chi connectivity index (χ3n) is 6.81. The lowest BCUT2D eigenvalue weighted by atomic mass is 9.99. The minimum atomic E-state index is -3.10. The third-order valence-corrected chi connectivity index (χ3v) is 7.64. The van der Waals surface area contributed by atoms with Crippen molar-refractivity contribution in [1.82, 2.24) is 4.90 Å². The molecule has 1 saturated carbocycles. The number of fused-ring (bicyclic) bond motifs is 1. The van der Waals surface area contributed by atoms with Crippen LogP contribution in [0.5, 0.6) is 11.5 Å². The van der Waals surface area contributed by atoms with E-state index in [4.69, 9.17) is 32.7 Å². The molecule has 9 nitrogen and oxygen atoms in total. The second kappa shape index (κ2) is 14.0. The Kier molecular flexibility index (Phi) is 10.4. The Balaban J connectivity index is 1.65. The van der Waals surface area contributed by atoms with Crippen LogP contribution in [0.4, 0.5) is 14.5 Å².